The molecular weight excluding hydrogens is 307 g/mol. The third-order valence-electron chi connectivity index (χ3n) is 3.95. The van der Waals surface area contributed by atoms with E-state index in [-0.39, 0.29) is 5.82 Å². The monoisotopic (exact) mass is 318 g/mol. The van der Waals surface area contributed by atoms with E-state index in [1.54, 1.807) is 30.4 Å². The quantitative estimate of drug-likeness (QED) is 0.593. The molecule has 1 aliphatic rings. The van der Waals surface area contributed by atoms with E-state index in [9.17, 15) is 4.39 Å². The van der Waals surface area contributed by atoms with Gasteiger partial charge in [-0.05, 0) is 43.4 Å². The fourth-order valence-electron chi connectivity index (χ4n) is 2.89. The molecule has 4 rings (SSSR count). The van der Waals surface area contributed by atoms with Crippen LogP contribution in [0.25, 0.3) is 21.6 Å². The van der Waals surface area contributed by atoms with Crippen molar-refractivity contribution in [1.82, 2.24) is 9.97 Å². The molecule has 0 amide bonds. The van der Waals surface area contributed by atoms with Gasteiger partial charge in [-0.3, -0.25) is 0 Å². The van der Waals surface area contributed by atoms with E-state index in [2.05, 4.69) is 9.97 Å². The number of hydrogen-bond donors (Lipinski definition) is 0. The molecule has 21 heavy (non-hydrogen) atoms. The number of aryl methyl sites for hydroxylation is 3. The summed E-state index contributed by atoms with van der Waals surface area (Å²) in [7, 11) is 0. The molecule has 2 heterocycles. The molecule has 0 radical (unpaired) electrons. The van der Waals surface area contributed by atoms with Crippen LogP contribution in [0.15, 0.2) is 18.2 Å². The summed E-state index contributed by atoms with van der Waals surface area (Å²) in [6.45, 7) is 1.73. The fraction of sp³-hybridized carbons (Fsp3) is 0.250. The van der Waals surface area contributed by atoms with Gasteiger partial charge in [-0.2, -0.15) is 0 Å². The first kappa shape index (κ1) is 13.2. The lowest BCUT2D eigenvalue weighted by Gasteiger charge is -2.05. The minimum atomic E-state index is -0.281. The van der Waals surface area contributed by atoms with E-state index in [0.717, 1.165) is 23.1 Å². The van der Waals surface area contributed by atoms with E-state index >= 15 is 0 Å². The highest BCUT2D eigenvalue weighted by Gasteiger charge is 2.22. The normalized spacial score (nSPS) is 13.9. The molecule has 0 atom stereocenters. The van der Waals surface area contributed by atoms with Crippen molar-refractivity contribution in [3.05, 3.63) is 45.2 Å². The first-order valence-electron chi connectivity index (χ1n) is 6.88. The van der Waals surface area contributed by atoms with Gasteiger partial charge < -0.3 is 0 Å². The number of halogens is 2. The lowest BCUT2D eigenvalue weighted by molar-refractivity contribution is 0.621. The Morgan fingerprint density at radius 2 is 2.10 bits per heavy atom. The van der Waals surface area contributed by atoms with Crippen molar-refractivity contribution in [2.24, 2.45) is 0 Å². The SMILES string of the molecule is Cc1cccc(-c2nc(Cl)c3c4c(sc3n2)CCC4)c1F. The van der Waals surface area contributed by atoms with Crippen LogP contribution in [-0.2, 0) is 12.8 Å². The lowest BCUT2D eigenvalue weighted by atomic mass is 10.1. The highest BCUT2D eigenvalue weighted by Crippen LogP contribution is 2.40. The van der Waals surface area contributed by atoms with Crippen molar-refractivity contribution in [2.45, 2.75) is 26.2 Å². The van der Waals surface area contributed by atoms with Crippen LogP contribution in [0, 0.1) is 12.7 Å². The molecule has 0 N–H and O–H groups in total. The molecule has 0 saturated carbocycles. The number of nitrogens with zero attached hydrogens (tertiary/aromatic N) is 2. The van der Waals surface area contributed by atoms with Gasteiger partial charge in [0, 0.05) is 4.88 Å². The van der Waals surface area contributed by atoms with Crippen LogP contribution in [-0.4, -0.2) is 9.97 Å². The second kappa shape index (κ2) is 4.75. The molecule has 0 bridgehead atoms. The fourth-order valence-corrected chi connectivity index (χ4v) is 4.49. The molecule has 0 unspecified atom stereocenters. The van der Waals surface area contributed by atoms with E-state index in [4.69, 9.17) is 11.6 Å². The van der Waals surface area contributed by atoms with Crippen LogP contribution in [0.3, 0.4) is 0 Å². The summed E-state index contributed by atoms with van der Waals surface area (Å²) >= 11 is 8.02. The first-order valence-corrected chi connectivity index (χ1v) is 8.08. The van der Waals surface area contributed by atoms with Gasteiger partial charge in [-0.15, -0.1) is 11.3 Å². The molecular formula is C16H12ClFN2S. The Bertz CT molecular complexity index is 872. The summed E-state index contributed by atoms with van der Waals surface area (Å²) in [5.41, 5.74) is 2.28. The van der Waals surface area contributed by atoms with Crippen molar-refractivity contribution >= 4 is 33.2 Å². The van der Waals surface area contributed by atoms with Gasteiger partial charge in [0.05, 0.1) is 10.9 Å². The maximum Gasteiger partial charge on any atom is 0.165 e. The van der Waals surface area contributed by atoms with Gasteiger partial charge in [0.15, 0.2) is 5.82 Å². The molecule has 2 aromatic heterocycles. The zero-order chi connectivity index (χ0) is 14.6. The molecule has 0 aliphatic heterocycles. The van der Waals surface area contributed by atoms with Crippen molar-refractivity contribution < 1.29 is 4.39 Å². The average molecular weight is 319 g/mol. The molecule has 3 aromatic rings. The Kier molecular flexibility index (Phi) is 2.98. The molecule has 1 aromatic carbocycles. The molecule has 5 heteroatoms. The van der Waals surface area contributed by atoms with Crippen LogP contribution in [0.1, 0.15) is 22.4 Å². The summed E-state index contributed by atoms with van der Waals surface area (Å²) in [5, 5.41) is 1.40. The molecule has 0 saturated heterocycles. The van der Waals surface area contributed by atoms with Crippen molar-refractivity contribution in [1.29, 1.82) is 0 Å². The van der Waals surface area contributed by atoms with Gasteiger partial charge >= 0.3 is 0 Å². The third kappa shape index (κ3) is 1.97. The maximum atomic E-state index is 14.3. The van der Waals surface area contributed by atoms with Crippen molar-refractivity contribution in [3.8, 4) is 11.4 Å². The number of benzene rings is 1. The predicted octanol–water partition coefficient (Wildman–Crippen LogP) is 4.95. The third-order valence-corrected chi connectivity index (χ3v) is 5.41. The Morgan fingerprint density at radius 1 is 1.24 bits per heavy atom. The Morgan fingerprint density at radius 3 is 2.95 bits per heavy atom. The van der Waals surface area contributed by atoms with Gasteiger partial charge in [0.2, 0.25) is 0 Å². The van der Waals surface area contributed by atoms with Crippen LogP contribution in [0.5, 0.6) is 0 Å². The van der Waals surface area contributed by atoms with Crippen LogP contribution in [0.4, 0.5) is 4.39 Å². The number of fused-ring (bicyclic) bond motifs is 3. The van der Waals surface area contributed by atoms with Crippen LogP contribution in [0.2, 0.25) is 5.15 Å². The predicted molar refractivity (Wildman–Crippen MR) is 84.6 cm³/mol. The number of hydrogen-bond acceptors (Lipinski definition) is 3. The zero-order valence-electron chi connectivity index (χ0n) is 11.4. The second-order valence-electron chi connectivity index (χ2n) is 5.31. The number of aromatic nitrogens is 2. The van der Waals surface area contributed by atoms with E-state index in [0.29, 0.717) is 22.1 Å². The lowest BCUT2D eigenvalue weighted by Crippen LogP contribution is -1.95. The van der Waals surface area contributed by atoms with E-state index in [1.807, 2.05) is 6.07 Å². The second-order valence-corrected chi connectivity index (χ2v) is 6.75. The standard InChI is InChI=1S/C16H12ClFN2S/c1-8-4-2-6-10(13(8)18)15-19-14(17)12-9-5-3-7-11(9)21-16(12)20-15/h2,4,6H,3,5,7H2,1H3. The summed E-state index contributed by atoms with van der Waals surface area (Å²) in [5.74, 6) is 0.0886. The van der Waals surface area contributed by atoms with Crippen LogP contribution < -0.4 is 0 Å². The highest BCUT2D eigenvalue weighted by atomic mass is 35.5. The summed E-state index contributed by atoms with van der Waals surface area (Å²) in [6.07, 6.45) is 3.29. The van der Waals surface area contributed by atoms with Gasteiger partial charge in [0.25, 0.3) is 0 Å². The summed E-state index contributed by atoms with van der Waals surface area (Å²) < 4.78 is 14.3. The molecule has 0 fully saturated rings. The smallest absolute Gasteiger partial charge is 0.165 e. The first-order chi connectivity index (χ1) is 10.1. The molecule has 106 valence electrons. The maximum absolute atomic E-state index is 14.3. The van der Waals surface area contributed by atoms with Crippen LogP contribution >= 0.6 is 22.9 Å². The number of thiophene rings is 1. The van der Waals surface area contributed by atoms with Gasteiger partial charge in [-0.25, -0.2) is 14.4 Å². The molecule has 2 nitrogen and oxygen atoms in total. The van der Waals surface area contributed by atoms with E-state index in [1.165, 1.54) is 16.9 Å². The van der Waals surface area contributed by atoms with Gasteiger partial charge in [0.1, 0.15) is 15.8 Å². The number of rotatable bonds is 1. The molecule has 0 spiro atoms. The Balaban J connectivity index is 1.97. The van der Waals surface area contributed by atoms with Crippen molar-refractivity contribution in [2.75, 3.05) is 0 Å². The topological polar surface area (TPSA) is 25.8 Å². The van der Waals surface area contributed by atoms with Gasteiger partial charge in [-0.1, -0.05) is 23.7 Å². The summed E-state index contributed by atoms with van der Waals surface area (Å²) in [4.78, 5) is 11.1. The molecule has 1 aliphatic carbocycles. The van der Waals surface area contributed by atoms with E-state index < -0.39 is 0 Å². The minimum absolute atomic E-state index is 0.281. The Labute approximate surface area is 130 Å². The van der Waals surface area contributed by atoms with Crippen molar-refractivity contribution in [3.63, 3.8) is 0 Å². The average Bonchev–Trinajstić information content (AvgIpc) is 3.01. The Hall–Kier alpha value is -1.52. The largest absolute Gasteiger partial charge is 0.217 e. The zero-order valence-corrected chi connectivity index (χ0v) is 13.0. The highest BCUT2D eigenvalue weighted by molar-refractivity contribution is 7.19. The summed E-state index contributed by atoms with van der Waals surface area (Å²) in [6, 6.07) is 5.24. The minimum Gasteiger partial charge on any atom is -0.217 e.